The molecule has 1 aromatic carbocycles. The largest absolute Gasteiger partial charge is 0.341 e. The minimum Gasteiger partial charge on any atom is -0.341 e. The van der Waals surface area contributed by atoms with Crippen LogP contribution in [-0.2, 0) is 14.8 Å². The van der Waals surface area contributed by atoms with Gasteiger partial charge in [-0.05, 0) is 37.8 Å². The lowest BCUT2D eigenvalue weighted by Gasteiger charge is -2.39. The van der Waals surface area contributed by atoms with Gasteiger partial charge in [-0.3, -0.25) is 4.79 Å². The summed E-state index contributed by atoms with van der Waals surface area (Å²) >= 11 is 0. The van der Waals surface area contributed by atoms with E-state index in [0.29, 0.717) is 32.1 Å². The Balaban J connectivity index is 1.48. The molecule has 0 bridgehead atoms. The molecule has 28 heavy (non-hydrogen) atoms. The average Bonchev–Trinajstić information content (AvgIpc) is 3.29. The van der Waals surface area contributed by atoms with Crippen molar-refractivity contribution in [1.29, 1.82) is 0 Å². The first kappa shape index (κ1) is 19.1. The number of sulfonamides is 1. The Morgan fingerprint density at radius 2 is 1.75 bits per heavy atom. The van der Waals surface area contributed by atoms with Gasteiger partial charge >= 0.3 is 0 Å². The van der Waals surface area contributed by atoms with E-state index in [4.69, 9.17) is 0 Å². The van der Waals surface area contributed by atoms with Crippen molar-refractivity contribution < 1.29 is 13.2 Å². The van der Waals surface area contributed by atoms with Crippen LogP contribution in [0.3, 0.4) is 0 Å². The zero-order chi connectivity index (χ0) is 19.6. The second kappa shape index (κ2) is 8.05. The number of aromatic nitrogens is 2. The summed E-state index contributed by atoms with van der Waals surface area (Å²) in [5.74, 6) is -0.0525. The highest BCUT2D eigenvalue weighted by molar-refractivity contribution is 7.89. The normalized spacial score (nSPS) is 22.3. The molecular formula is C20H26N4O3S. The quantitative estimate of drug-likeness (QED) is 0.786. The first-order valence-corrected chi connectivity index (χ1v) is 11.3. The van der Waals surface area contributed by atoms with Gasteiger partial charge in [0.1, 0.15) is 6.04 Å². The zero-order valence-electron chi connectivity index (χ0n) is 15.9. The minimum absolute atomic E-state index is 0.0525. The Morgan fingerprint density at radius 1 is 1.00 bits per heavy atom. The number of likely N-dealkylation sites (tertiary alicyclic amines) is 1. The van der Waals surface area contributed by atoms with Gasteiger partial charge in [-0.25, -0.2) is 13.4 Å². The van der Waals surface area contributed by atoms with Crippen molar-refractivity contribution in [1.82, 2.24) is 18.8 Å². The highest BCUT2D eigenvalue weighted by Gasteiger charge is 2.40. The summed E-state index contributed by atoms with van der Waals surface area (Å²) in [4.78, 5) is 19.4. The van der Waals surface area contributed by atoms with Gasteiger partial charge in [0.05, 0.1) is 11.2 Å². The van der Waals surface area contributed by atoms with E-state index in [0.717, 1.165) is 25.7 Å². The summed E-state index contributed by atoms with van der Waals surface area (Å²) in [5.41, 5.74) is 0. The molecule has 0 spiro atoms. The van der Waals surface area contributed by atoms with Crippen LogP contribution in [0.2, 0.25) is 0 Å². The topological polar surface area (TPSA) is 75.5 Å². The predicted molar refractivity (Wildman–Crippen MR) is 105 cm³/mol. The number of piperidine rings is 2. The maximum Gasteiger partial charge on any atom is 0.243 e. The molecule has 1 aromatic heterocycles. The van der Waals surface area contributed by atoms with Crippen molar-refractivity contribution >= 4 is 15.9 Å². The maximum atomic E-state index is 13.2. The number of rotatable bonds is 4. The Bertz CT molecular complexity index is 891. The number of nitrogens with zero attached hydrogens (tertiary/aromatic N) is 4. The van der Waals surface area contributed by atoms with Crippen LogP contribution in [0.15, 0.2) is 53.9 Å². The van der Waals surface area contributed by atoms with E-state index >= 15 is 0 Å². The summed E-state index contributed by atoms with van der Waals surface area (Å²) in [5, 5.41) is 0. The first-order chi connectivity index (χ1) is 13.6. The second-order valence-corrected chi connectivity index (χ2v) is 9.40. The molecule has 0 saturated carbocycles. The number of amides is 1. The molecule has 3 heterocycles. The summed E-state index contributed by atoms with van der Waals surface area (Å²) in [6.07, 6.45) is 9.52. The fourth-order valence-electron chi connectivity index (χ4n) is 4.25. The van der Waals surface area contributed by atoms with Crippen molar-refractivity contribution in [3.8, 4) is 0 Å². The Morgan fingerprint density at radius 3 is 2.43 bits per heavy atom. The molecule has 0 N–H and O–H groups in total. The highest BCUT2D eigenvalue weighted by atomic mass is 32.2. The summed E-state index contributed by atoms with van der Waals surface area (Å²) in [6.45, 7) is 1.70. The van der Waals surface area contributed by atoms with Gasteiger partial charge in [0.25, 0.3) is 0 Å². The van der Waals surface area contributed by atoms with Crippen LogP contribution in [-0.4, -0.2) is 58.8 Å². The number of carbonyl (C=O) groups is 1. The van der Waals surface area contributed by atoms with Crippen LogP contribution in [0.5, 0.6) is 0 Å². The first-order valence-electron chi connectivity index (χ1n) is 9.90. The van der Waals surface area contributed by atoms with Crippen LogP contribution in [0.1, 0.15) is 38.1 Å². The van der Waals surface area contributed by atoms with Gasteiger partial charge in [0, 0.05) is 38.1 Å². The third-order valence-electron chi connectivity index (χ3n) is 5.81. The van der Waals surface area contributed by atoms with E-state index in [1.54, 1.807) is 36.5 Å². The lowest BCUT2D eigenvalue weighted by atomic mass is 10.0. The van der Waals surface area contributed by atoms with Crippen molar-refractivity contribution in [3.63, 3.8) is 0 Å². The van der Waals surface area contributed by atoms with Gasteiger partial charge in [0.15, 0.2) is 0 Å². The molecule has 7 nitrogen and oxygen atoms in total. The minimum atomic E-state index is -3.67. The van der Waals surface area contributed by atoms with Gasteiger partial charge in [-0.15, -0.1) is 0 Å². The molecule has 4 rings (SSSR count). The van der Waals surface area contributed by atoms with Gasteiger partial charge in [0.2, 0.25) is 15.9 Å². The van der Waals surface area contributed by atoms with Gasteiger partial charge in [-0.2, -0.15) is 4.31 Å². The number of imidazole rings is 1. The Kier molecular flexibility index (Phi) is 5.50. The molecular weight excluding hydrogens is 376 g/mol. The molecule has 8 heteroatoms. The summed E-state index contributed by atoms with van der Waals surface area (Å²) in [7, 11) is -3.67. The lowest BCUT2D eigenvalue weighted by Crippen LogP contribution is -2.54. The molecule has 0 radical (unpaired) electrons. The van der Waals surface area contributed by atoms with Crippen LogP contribution < -0.4 is 0 Å². The summed E-state index contributed by atoms with van der Waals surface area (Å²) < 4.78 is 29.8. The number of hydrogen-bond acceptors (Lipinski definition) is 4. The van der Waals surface area contributed by atoms with E-state index in [2.05, 4.69) is 9.55 Å². The smallest absolute Gasteiger partial charge is 0.243 e. The molecule has 2 aliphatic heterocycles. The Hall–Kier alpha value is -2.19. The molecule has 1 amide bonds. The van der Waals surface area contributed by atoms with Gasteiger partial charge in [-0.1, -0.05) is 24.6 Å². The van der Waals surface area contributed by atoms with Crippen LogP contribution >= 0.6 is 0 Å². The zero-order valence-corrected chi connectivity index (χ0v) is 16.7. The molecule has 2 fully saturated rings. The fourth-order valence-corrected chi connectivity index (χ4v) is 5.92. The van der Waals surface area contributed by atoms with E-state index in [1.807, 2.05) is 17.4 Å². The Labute approximate surface area is 166 Å². The van der Waals surface area contributed by atoms with Crippen molar-refractivity contribution in [2.24, 2.45) is 0 Å². The van der Waals surface area contributed by atoms with Crippen molar-refractivity contribution in [2.45, 2.75) is 49.1 Å². The standard InChI is InChI=1S/C20H26N4O3S/c25-20(22-13-9-17(10-14-22)23-15-11-21-16-23)19-8-4-5-12-24(19)28(26,27)18-6-2-1-3-7-18/h1-3,6-7,11,15-17,19H,4-5,8-10,12-14H2. The molecule has 0 aliphatic carbocycles. The van der Waals surface area contributed by atoms with E-state index in [-0.39, 0.29) is 10.8 Å². The van der Waals surface area contributed by atoms with Crippen molar-refractivity contribution in [3.05, 3.63) is 49.1 Å². The molecule has 150 valence electrons. The second-order valence-electron chi connectivity index (χ2n) is 7.51. The number of carbonyl (C=O) groups excluding carboxylic acids is 1. The van der Waals surface area contributed by atoms with Crippen LogP contribution in [0.25, 0.3) is 0 Å². The van der Waals surface area contributed by atoms with E-state index in [9.17, 15) is 13.2 Å². The molecule has 2 saturated heterocycles. The lowest BCUT2D eigenvalue weighted by molar-refractivity contribution is -0.137. The molecule has 1 atom stereocenters. The highest BCUT2D eigenvalue weighted by Crippen LogP contribution is 2.29. The van der Waals surface area contributed by atoms with Crippen LogP contribution in [0, 0.1) is 0 Å². The summed E-state index contributed by atoms with van der Waals surface area (Å²) in [6, 6.07) is 8.18. The maximum absolute atomic E-state index is 13.2. The fraction of sp³-hybridized carbons (Fsp3) is 0.500. The third-order valence-corrected chi connectivity index (χ3v) is 7.73. The van der Waals surface area contributed by atoms with Gasteiger partial charge < -0.3 is 9.47 Å². The number of benzene rings is 1. The monoisotopic (exact) mass is 402 g/mol. The third kappa shape index (κ3) is 3.71. The SMILES string of the molecule is O=C(C1CCCCN1S(=O)(=O)c1ccccc1)N1CCC(n2ccnc2)CC1. The number of hydrogen-bond donors (Lipinski definition) is 0. The van der Waals surface area contributed by atoms with E-state index < -0.39 is 16.1 Å². The average molecular weight is 403 g/mol. The molecule has 1 unspecified atom stereocenters. The van der Waals surface area contributed by atoms with E-state index in [1.165, 1.54) is 4.31 Å². The molecule has 2 aromatic rings. The predicted octanol–water partition coefficient (Wildman–Crippen LogP) is 2.29. The van der Waals surface area contributed by atoms with Crippen molar-refractivity contribution in [2.75, 3.05) is 19.6 Å². The van der Waals surface area contributed by atoms with Crippen LogP contribution in [0.4, 0.5) is 0 Å². The molecule has 2 aliphatic rings.